The van der Waals surface area contributed by atoms with Crippen LogP contribution in [0.4, 0.5) is 0 Å². The Morgan fingerprint density at radius 3 is 2.47 bits per heavy atom. The Bertz CT molecular complexity index is 316. The molecule has 0 fully saturated rings. The number of esters is 1. The number of alkyl halides is 2. The van der Waals surface area contributed by atoms with Gasteiger partial charge < -0.3 is 10.5 Å². The number of rotatable bonds is 4. The maximum atomic E-state index is 11.2. The van der Waals surface area contributed by atoms with Gasteiger partial charge in [0.25, 0.3) is 5.02 Å². The van der Waals surface area contributed by atoms with Crippen LogP contribution >= 0.6 is 23.2 Å². The SMILES string of the molecule is N[C@@H](Cc1ccccc1)C(=O)OC(Cl)Cl. The number of nitrogens with two attached hydrogens (primary N) is 1. The van der Waals surface area contributed by atoms with Crippen LogP contribution in [0.5, 0.6) is 0 Å². The number of hydrogen-bond acceptors (Lipinski definition) is 3. The molecule has 3 nitrogen and oxygen atoms in total. The normalized spacial score (nSPS) is 12.5. The van der Waals surface area contributed by atoms with Crippen LogP contribution in [0, 0.1) is 0 Å². The van der Waals surface area contributed by atoms with Crippen molar-refractivity contribution in [2.45, 2.75) is 17.5 Å². The van der Waals surface area contributed by atoms with Gasteiger partial charge in [0.05, 0.1) is 0 Å². The van der Waals surface area contributed by atoms with E-state index >= 15 is 0 Å². The van der Waals surface area contributed by atoms with Crippen molar-refractivity contribution < 1.29 is 9.53 Å². The molecule has 0 aliphatic heterocycles. The maximum Gasteiger partial charge on any atom is 0.325 e. The molecule has 1 aromatic rings. The molecule has 1 atom stereocenters. The van der Waals surface area contributed by atoms with Crippen LogP contribution in [0.15, 0.2) is 30.3 Å². The first-order valence-electron chi connectivity index (χ1n) is 4.37. The number of halogens is 2. The number of carbonyl (C=O) groups excluding carboxylic acids is 1. The van der Waals surface area contributed by atoms with E-state index in [1.807, 2.05) is 30.3 Å². The summed E-state index contributed by atoms with van der Waals surface area (Å²) in [5, 5.41) is -1.17. The molecule has 0 unspecified atom stereocenters. The molecule has 0 saturated carbocycles. The summed E-state index contributed by atoms with van der Waals surface area (Å²) in [4.78, 5) is 11.2. The van der Waals surface area contributed by atoms with Gasteiger partial charge in [-0.05, 0) is 12.0 Å². The van der Waals surface area contributed by atoms with Crippen LogP contribution in [0.2, 0.25) is 0 Å². The van der Waals surface area contributed by atoms with Gasteiger partial charge in [0.2, 0.25) is 0 Å². The van der Waals surface area contributed by atoms with Crippen molar-refractivity contribution in [3.8, 4) is 0 Å². The zero-order valence-electron chi connectivity index (χ0n) is 7.90. The Balaban J connectivity index is 2.49. The smallest absolute Gasteiger partial charge is 0.325 e. The van der Waals surface area contributed by atoms with Crippen molar-refractivity contribution in [1.82, 2.24) is 0 Å². The van der Waals surface area contributed by atoms with Gasteiger partial charge >= 0.3 is 5.97 Å². The lowest BCUT2D eigenvalue weighted by Gasteiger charge is -2.11. The summed E-state index contributed by atoms with van der Waals surface area (Å²) < 4.78 is 4.55. The third kappa shape index (κ3) is 4.51. The van der Waals surface area contributed by atoms with Crippen molar-refractivity contribution in [2.75, 3.05) is 0 Å². The molecule has 0 amide bonds. The summed E-state index contributed by atoms with van der Waals surface area (Å²) >= 11 is 10.6. The summed E-state index contributed by atoms with van der Waals surface area (Å²) in [7, 11) is 0. The number of benzene rings is 1. The second-order valence-corrected chi connectivity index (χ2v) is 4.01. The van der Waals surface area contributed by atoms with Gasteiger partial charge in [0.15, 0.2) is 0 Å². The molecule has 0 bridgehead atoms. The molecule has 0 heterocycles. The lowest BCUT2D eigenvalue weighted by atomic mass is 10.1. The molecule has 0 radical (unpaired) electrons. The summed E-state index contributed by atoms with van der Waals surface area (Å²) in [5.41, 5.74) is 6.57. The predicted octanol–water partition coefficient (Wildman–Crippen LogP) is 1.86. The zero-order chi connectivity index (χ0) is 11.3. The fourth-order valence-corrected chi connectivity index (χ4v) is 1.30. The predicted molar refractivity (Wildman–Crippen MR) is 59.7 cm³/mol. The number of carbonyl (C=O) groups is 1. The van der Waals surface area contributed by atoms with Crippen molar-refractivity contribution in [3.05, 3.63) is 35.9 Å². The molecule has 0 aliphatic carbocycles. The molecular formula is C10H11Cl2NO2. The van der Waals surface area contributed by atoms with Crippen molar-refractivity contribution in [2.24, 2.45) is 5.73 Å². The molecule has 0 saturated heterocycles. The minimum absolute atomic E-state index is 0.403. The number of ether oxygens (including phenoxy) is 1. The van der Waals surface area contributed by atoms with E-state index in [-0.39, 0.29) is 0 Å². The van der Waals surface area contributed by atoms with Gasteiger partial charge in [0.1, 0.15) is 6.04 Å². The van der Waals surface area contributed by atoms with E-state index in [1.165, 1.54) is 0 Å². The summed E-state index contributed by atoms with van der Waals surface area (Å²) in [5.74, 6) is -0.603. The Kier molecular flexibility index (Phi) is 4.88. The fourth-order valence-electron chi connectivity index (χ4n) is 1.13. The molecule has 0 aromatic heterocycles. The molecule has 1 rings (SSSR count). The van der Waals surface area contributed by atoms with Crippen LogP contribution < -0.4 is 5.73 Å². The van der Waals surface area contributed by atoms with Crippen LogP contribution in [0.3, 0.4) is 0 Å². The van der Waals surface area contributed by atoms with Crippen LogP contribution in [-0.4, -0.2) is 17.0 Å². The van der Waals surface area contributed by atoms with E-state index in [0.717, 1.165) is 5.56 Å². The Labute approximate surface area is 98.1 Å². The quantitative estimate of drug-likeness (QED) is 0.653. The van der Waals surface area contributed by atoms with E-state index in [0.29, 0.717) is 6.42 Å². The molecule has 0 spiro atoms. The first-order chi connectivity index (χ1) is 7.09. The average Bonchev–Trinajstić information content (AvgIpc) is 2.18. The molecular weight excluding hydrogens is 237 g/mol. The van der Waals surface area contributed by atoms with Crippen LogP contribution in [0.25, 0.3) is 0 Å². The highest BCUT2D eigenvalue weighted by Crippen LogP contribution is 2.07. The minimum Gasteiger partial charge on any atom is -0.430 e. The largest absolute Gasteiger partial charge is 0.430 e. The first-order valence-corrected chi connectivity index (χ1v) is 5.25. The van der Waals surface area contributed by atoms with Gasteiger partial charge in [-0.2, -0.15) is 0 Å². The summed E-state index contributed by atoms with van der Waals surface area (Å²) in [6, 6.07) is 8.66. The zero-order valence-corrected chi connectivity index (χ0v) is 9.41. The van der Waals surface area contributed by atoms with Crippen LogP contribution in [0.1, 0.15) is 5.56 Å². The van der Waals surface area contributed by atoms with Gasteiger partial charge in [-0.1, -0.05) is 53.5 Å². The van der Waals surface area contributed by atoms with Gasteiger partial charge in [-0.15, -0.1) is 0 Å². The second-order valence-electron chi connectivity index (χ2n) is 2.99. The number of hydrogen-bond donors (Lipinski definition) is 1. The first kappa shape index (κ1) is 12.3. The van der Waals surface area contributed by atoms with Crippen LogP contribution in [-0.2, 0) is 16.0 Å². The average molecular weight is 248 g/mol. The van der Waals surface area contributed by atoms with E-state index < -0.39 is 17.0 Å². The van der Waals surface area contributed by atoms with E-state index in [1.54, 1.807) is 0 Å². The van der Waals surface area contributed by atoms with Gasteiger partial charge in [-0.25, -0.2) is 0 Å². The van der Waals surface area contributed by atoms with Crippen molar-refractivity contribution >= 4 is 29.2 Å². The van der Waals surface area contributed by atoms with E-state index in [4.69, 9.17) is 28.9 Å². The molecule has 0 aliphatic rings. The fraction of sp³-hybridized carbons (Fsp3) is 0.300. The van der Waals surface area contributed by atoms with Gasteiger partial charge in [0, 0.05) is 0 Å². The molecule has 5 heteroatoms. The lowest BCUT2D eigenvalue weighted by molar-refractivity contribution is -0.144. The highest BCUT2D eigenvalue weighted by molar-refractivity contribution is 6.43. The summed E-state index contributed by atoms with van der Waals surface area (Å²) in [6.07, 6.45) is 0.403. The van der Waals surface area contributed by atoms with Crippen molar-refractivity contribution in [1.29, 1.82) is 0 Å². The topological polar surface area (TPSA) is 52.3 Å². The standard InChI is InChI=1S/C10H11Cl2NO2/c11-10(12)15-9(14)8(13)6-7-4-2-1-3-5-7/h1-5,8,10H,6,13H2/t8-/m0/s1. The highest BCUT2D eigenvalue weighted by atomic mass is 35.5. The summed E-state index contributed by atoms with van der Waals surface area (Å²) in [6.45, 7) is 0. The minimum atomic E-state index is -1.17. The third-order valence-corrected chi connectivity index (χ3v) is 1.98. The molecule has 2 N–H and O–H groups in total. The van der Waals surface area contributed by atoms with E-state index in [2.05, 4.69) is 4.74 Å². The molecule has 15 heavy (non-hydrogen) atoms. The Hall–Kier alpha value is -0.770. The highest BCUT2D eigenvalue weighted by Gasteiger charge is 2.17. The maximum absolute atomic E-state index is 11.2. The van der Waals surface area contributed by atoms with Gasteiger partial charge in [-0.3, -0.25) is 4.79 Å². The third-order valence-electron chi connectivity index (χ3n) is 1.81. The molecule has 1 aromatic carbocycles. The monoisotopic (exact) mass is 247 g/mol. The van der Waals surface area contributed by atoms with Crippen molar-refractivity contribution in [3.63, 3.8) is 0 Å². The second kappa shape index (κ2) is 5.95. The Morgan fingerprint density at radius 2 is 1.93 bits per heavy atom. The molecule has 82 valence electrons. The lowest BCUT2D eigenvalue weighted by Crippen LogP contribution is -2.35. The van der Waals surface area contributed by atoms with E-state index in [9.17, 15) is 4.79 Å². The Morgan fingerprint density at radius 1 is 1.33 bits per heavy atom.